The predicted octanol–water partition coefficient (Wildman–Crippen LogP) is 3.55. The van der Waals surface area contributed by atoms with Crippen molar-refractivity contribution in [2.45, 2.75) is 6.92 Å². The average Bonchev–Trinajstić information content (AvgIpc) is 3.50. The van der Waals surface area contributed by atoms with Gasteiger partial charge in [0.15, 0.2) is 11.3 Å². The Labute approximate surface area is 175 Å². The second-order valence-corrected chi connectivity index (χ2v) is 6.63. The number of carbonyl (C=O) groups excluding carboxylic acids is 1. The van der Waals surface area contributed by atoms with Crippen molar-refractivity contribution in [2.75, 3.05) is 19.0 Å². The molecule has 0 spiro atoms. The average molecular weight is 418 g/mol. The summed E-state index contributed by atoms with van der Waals surface area (Å²) in [4.78, 5) is 12.9. The van der Waals surface area contributed by atoms with Crippen LogP contribution < -0.4 is 14.8 Å². The van der Waals surface area contributed by atoms with E-state index in [1.54, 1.807) is 7.11 Å². The Morgan fingerprint density at radius 2 is 2.06 bits per heavy atom. The van der Waals surface area contributed by atoms with Gasteiger partial charge in [0.1, 0.15) is 11.3 Å². The molecule has 0 unspecified atom stereocenters. The van der Waals surface area contributed by atoms with E-state index in [2.05, 4.69) is 25.9 Å². The maximum absolute atomic E-state index is 12.9. The van der Waals surface area contributed by atoms with E-state index in [0.29, 0.717) is 29.2 Å². The van der Waals surface area contributed by atoms with Gasteiger partial charge in [-0.05, 0) is 47.7 Å². The molecule has 0 aliphatic heterocycles. The Kier molecular flexibility index (Phi) is 4.51. The number of hydrogen-bond donors (Lipinski definition) is 2. The number of benzene rings is 2. The molecule has 1 amide bonds. The fraction of sp³-hybridized carbons (Fsp3) is 0.143. The van der Waals surface area contributed by atoms with Crippen LogP contribution >= 0.6 is 0 Å². The molecule has 156 valence electrons. The van der Waals surface area contributed by atoms with Crippen molar-refractivity contribution in [3.63, 3.8) is 0 Å². The minimum absolute atomic E-state index is 0.0256. The molecule has 2 aromatic carbocycles. The van der Waals surface area contributed by atoms with Gasteiger partial charge in [-0.3, -0.25) is 10.1 Å². The molecule has 0 radical (unpaired) electrons. The molecule has 31 heavy (non-hydrogen) atoms. The van der Waals surface area contributed by atoms with E-state index in [1.165, 1.54) is 0 Å². The Morgan fingerprint density at radius 3 is 2.77 bits per heavy atom. The van der Waals surface area contributed by atoms with Gasteiger partial charge in [0.05, 0.1) is 19.2 Å². The molecule has 0 aliphatic rings. The number of nitrogens with zero attached hydrogens (tertiary/aromatic N) is 4. The number of aromatic nitrogens is 5. The fourth-order valence-electron chi connectivity index (χ4n) is 3.58. The highest BCUT2D eigenvalue weighted by Crippen LogP contribution is 2.42. The van der Waals surface area contributed by atoms with Gasteiger partial charge in [0.25, 0.3) is 5.91 Å². The summed E-state index contributed by atoms with van der Waals surface area (Å²) in [6, 6.07) is 15.5. The first-order valence-electron chi connectivity index (χ1n) is 9.59. The monoisotopic (exact) mass is 418 g/mol. The van der Waals surface area contributed by atoms with E-state index in [9.17, 15) is 4.79 Å². The highest BCUT2D eigenvalue weighted by Gasteiger charge is 2.29. The van der Waals surface area contributed by atoms with Crippen LogP contribution in [-0.2, 0) is 0 Å². The van der Waals surface area contributed by atoms with Crippen molar-refractivity contribution < 1.29 is 18.7 Å². The van der Waals surface area contributed by atoms with Gasteiger partial charge < -0.3 is 18.5 Å². The summed E-state index contributed by atoms with van der Waals surface area (Å²) >= 11 is 0. The van der Waals surface area contributed by atoms with Crippen molar-refractivity contribution >= 4 is 33.9 Å². The van der Waals surface area contributed by atoms with Crippen LogP contribution in [0.3, 0.4) is 0 Å². The number of anilines is 1. The molecular weight excluding hydrogens is 400 g/mol. The van der Waals surface area contributed by atoms with Crippen molar-refractivity contribution in [1.82, 2.24) is 25.2 Å². The number of rotatable bonds is 6. The zero-order valence-electron chi connectivity index (χ0n) is 16.7. The summed E-state index contributed by atoms with van der Waals surface area (Å²) in [7, 11) is 1.60. The smallest absolute Gasteiger partial charge is 0.297 e. The maximum atomic E-state index is 12.9. The number of furan rings is 1. The largest absolute Gasteiger partial charge is 0.497 e. The number of amides is 1. The molecule has 0 saturated carbocycles. The summed E-state index contributed by atoms with van der Waals surface area (Å²) in [5.41, 5.74) is 2.97. The summed E-state index contributed by atoms with van der Waals surface area (Å²) in [6.07, 6.45) is 0. The summed E-state index contributed by atoms with van der Waals surface area (Å²) < 4.78 is 19.4. The molecule has 0 aliphatic carbocycles. The molecule has 10 nitrogen and oxygen atoms in total. The normalized spacial score (nSPS) is 11.2. The van der Waals surface area contributed by atoms with Gasteiger partial charge in [-0.1, -0.05) is 23.3 Å². The highest BCUT2D eigenvalue weighted by molar-refractivity contribution is 6.14. The zero-order chi connectivity index (χ0) is 21.4. The van der Waals surface area contributed by atoms with Gasteiger partial charge in [0.2, 0.25) is 11.7 Å². The first kappa shape index (κ1) is 18.7. The van der Waals surface area contributed by atoms with E-state index >= 15 is 0 Å². The van der Waals surface area contributed by atoms with Crippen LogP contribution in [0.2, 0.25) is 0 Å². The Morgan fingerprint density at radius 1 is 1.23 bits per heavy atom. The molecule has 0 atom stereocenters. The molecule has 3 heterocycles. The van der Waals surface area contributed by atoms with Crippen LogP contribution in [0.25, 0.3) is 27.7 Å². The first-order chi connectivity index (χ1) is 15.2. The van der Waals surface area contributed by atoms with Crippen LogP contribution in [0, 0.1) is 0 Å². The summed E-state index contributed by atoms with van der Waals surface area (Å²) in [6.45, 7) is 2.19. The lowest BCUT2D eigenvalue weighted by atomic mass is 10.2. The second kappa shape index (κ2) is 7.48. The SMILES string of the molecule is CCOc1c(C(=O)Nc2nnn[nH]2)oc2c3cc(OC)ccc3n(-c3ccccc3)c12. The van der Waals surface area contributed by atoms with Gasteiger partial charge in [-0.2, -0.15) is 0 Å². The number of ether oxygens (including phenoxy) is 2. The van der Waals surface area contributed by atoms with Crippen LogP contribution in [0.4, 0.5) is 5.95 Å². The quantitative estimate of drug-likeness (QED) is 0.433. The van der Waals surface area contributed by atoms with Crippen molar-refractivity contribution in [1.29, 1.82) is 0 Å². The third-order valence-corrected chi connectivity index (χ3v) is 4.84. The Balaban J connectivity index is 1.80. The van der Waals surface area contributed by atoms with E-state index < -0.39 is 5.91 Å². The molecule has 2 N–H and O–H groups in total. The number of nitrogens with one attached hydrogen (secondary N) is 2. The van der Waals surface area contributed by atoms with E-state index in [-0.39, 0.29) is 11.7 Å². The number of tetrazole rings is 1. The maximum Gasteiger partial charge on any atom is 0.297 e. The molecule has 5 aromatic rings. The first-order valence-corrected chi connectivity index (χ1v) is 9.59. The number of para-hydroxylation sites is 1. The molecule has 0 fully saturated rings. The fourth-order valence-corrected chi connectivity index (χ4v) is 3.58. The third kappa shape index (κ3) is 3.05. The Bertz CT molecular complexity index is 1370. The van der Waals surface area contributed by atoms with E-state index in [4.69, 9.17) is 13.9 Å². The standard InChI is InChI=1S/C21H18N6O4/c1-3-30-18-16-17(31-19(18)20(28)22-21-23-25-26-24-21)14-11-13(29-2)9-10-15(14)27(16)12-7-5-4-6-8-12/h4-11H,3H2,1-2H3,(H2,22,23,24,25,26,28). The van der Waals surface area contributed by atoms with Crippen LogP contribution in [0.5, 0.6) is 11.5 Å². The minimum Gasteiger partial charge on any atom is -0.497 e. The lowest BCUT2D eigenvalue weighted by Gasteiger charge is -2.10. The van der Waals surface area contributed by atoms with E-state index in [0.717, 1.165) is 16.6 Å². The molecule has 0 saturated heterocycles. The summed E-state index contributed by atoms with van der Waals surface area (Å²) in [5.74, 6) is 0.603. The van der Waals surface area contributed by atoms with Gasteiger partial charge in [0, 0.05) is 11.1 Å². The molecule has 3 aromatic heterocycles. The van der Waals surface area contributed by atoms with Crippen molar-refractivity contribution in [3.8, 4) is 17.2 Å². The number of aromatic amines is 1. The molecule has 10 heteroatoms. The lowest BCUT2D eigenvalue weighted by Crippen LogP contribution is -2.14. The zero-order valence-corrected chi connectivity index (χ0v) is 16.7. The number of H-pyrrole nitrogens is 1. The highest BCUT2D eigenvalue weighted by atomic mass is 16.5. The van der Waals surface area contributed by atoms with Crippen LogP contribution in [-0.4, -0.2) is 44.8 Å². The second-order valence-electron chi connectivity index (χ2n) is 6.63. The van der Waals surface area contributed by atoms with Crippen molar-refractivity contribution in [2.24, 2.45) is 0 Å². The van der Waals surface area contributed by atoms with Crippen LogP contribution in [0.15, 0.2) is 52.9 Å². The summed E-state index contributed by atoms with van der Waals surface area (Å²) in [5, 5.41) is 16.5. The third-order valence-electron chi connectivity index (χ3n) is 4.84. The van der Waals surface area contributed by atoms with E-state index in [1.807, 2.05) is 60.0 Å². The Hall–Kier alpha value is -4.34. The number of methoxy groups -OCH3 is 1. The van der Waals surface area contributed by atoms with Crippen LogP contribution in [0.1, 0.15) is 17.5 Å². The minimum atomic E-state index is -0.533. The topological polar surface area (TPSA) is 120 Å². The van der Waals surface area contributed by atoms with Gasteiger partial charge >= 0.3 is 0 Å². The number of fused-ring (bicyclic) bond motifs is 3. The predicted molar refractivity (Wildman–Crippen MR) is 113 cm³/mol. The molecule has 5 rings (SSSR count). The molecule has 0 bridgehead atoms. The number of carbonyl (C=O) groups is 1. The van der Waals surface area contributed by atoms with Crippen molar-refractivity contribution in [3.05, 3.63) is 54.3 Å². The number of hydrogen-bond acceptors (Lipinski definition) is 7. The van der Waals surface area contributed by atoms with Gasteiger partial charge in [-0.15, -0.1) is 0 Å². The lowest BCUT2D eigenvalue weighted by molar-refractivity contribution is 0.0993. The van der Waals surface area contributed by atoms with Gasteiger partial charge in [-0.25, -0.2) is 5.10 Å². The molecular formula is C21H18N6O4.